The molecule has 0 aliphatic heterocycles. The molecule has 2 aromatic rings. The van der Waals surface area contributed by atoms with Crippen molar-refractivity contribution in [1.82, 2.24) is 4.98 Å². The monoisotopic (exact) mass is 267 g/mol. The first-order valence-electron chi connectivity index (χ1n) is 5.01. The molecule has 0 aliphatic carbocycles. The summed E-state index contributed by atoms with van der Waals surface area (Å²) in [7, 11) is 0. The van der Waals surface area contributed by atoms with Gasteiger partial charge < -0.3 is 11.1 Å². The molecule has 1 aromatic carbocycles. The van der Waals surface area contributed by atoms with Gasteiger partial charge in [0.05, 0.1) is 27.6 Å². The molecule has 3 N–H and O–H groups in total. The smallest absolute Gasteiger partial charge is 0.130 e. The summed E-state index contributed by atoms with van der Waals surface area (Å²) in [6, 6.07) is 7.19. The molecule has 0 atom stereocenters. The maximum absolute atomic E-state index is 6.18. The zero-order valence-corrected chi connectivity index (χ0v) is 10.7. The van der Waals surface area contributed by atoms with Crippen LogP contribution in [-0.4, -0.2) is 4.98 Å². The minimum absolute atomic E-state index is 0.555. The maximum Gasteiger partial charge on any atom is 0.130 e. The highest BCUT2D eigenvalue weighted by atomic mass is 35.5. The van der Waals surface area contributed by atoms with Gasteiger partial charge in [0, 0.05) is 0 Å². The number of rotatable bonds is 2. The van der Waals surface area contributed by atoms with Gasteiger partial charge in [-0.2, -0.15) is 0 Å². The second-order valence-electron chi connectivity index (χ2n) is 3.66. The Kier molecular flexibility index (Phi) is 3.41. The van der Waals surface area contributed by atoms with Crippen molar-refractivity contribution in [1.29, 1.82) is 0 Å². The quantitative estimate of drug-likeness (QED) is 0.864. The highest BCUT2D eigenvalue weighted by molar-refractivity contribution is 6.39. The molecule has 88 valence electrons. The zero-order chi connectivity index (χ0) is 12.4. The van der Waals surface area contributed by atoms with Crippen molar-refractivity contribution in [2.45, 2.75) is 6.92 Å². The van der Waals surface area contributed by atoms with Crippen molar-refractivity contribution in [2.24, 2.45) is 0 Å². The maximum atomic E-state index is 6.18. The van der Waals surface area contributed by atoms with Crippen molar-refractivity contribution in [2.75, 3.05) is 11.1 Å². The van der Waals surface area contributed by atoms with Crippen LogP contribution in [0.25, 0.3) is 0 Å². The molecule has 3 nitrogen and oxygen atoms in total. The number of nitrogens with zero attached hydrogens (tertiary/aromatic N) is 1. The van der Waals surface area contributed by atoms with E-state index in [9.17, 15) is 0 Å². The second kappa shape index (κ2) is 4.82. The van der Waals surface area contributed by atoms with Crippen LogP contribution in [0.4, 0.5) is 17.2 Å². The third-order valence-corrected chi connectivity index (χ3v) is 3.13. The van der Waals surface area contributed by atoms with Crippen LogP contribution in [0, 0.1) is 6.92 Å². The van der Waals surface area contributed by atoms with Gasteiger partial charge in [-0.15, -0.1) is 0 Å². The number of aryl methyl sites for hydroxylation is 1. The van der Waals surface area contributed by atoms with Gasteiger partial charge >= 0.3 is 0 Å². The Hall–Kier alpha value is -1.45. The Bertz CT molecular complexity index is 538. The molecular weight excluding hydrogens is 257 g/mol. The van der Waals surface area contributed by atoms with Gasteiger partial charge in [0.15, 0.2) is 0 Å². The number of anilines is 3. The van der Waals surface area contributed by atoms with Gasteiger partial charge in [0.2, 0.25) is 0 Å². The summed E-state index contributed by atoms with van der Waals surface area (Å²) in [5.41, 5.74) is 7.78. The summed E-state index contributed by atoms with van der Waals surface area (Å²) in [5.74, 6) is 0.647. The number of benzene rings is 1. The summed E-state index contributed by atoms with van der Waals surface area (Å²) in [6.07, 6.45) is 1.57. The van der Waals surface area contributed by atoms with Crippen molar-refractivity contribution >= 4 is 40.4 Å². The van der Waals surface area contributed by atoms with Crippen LogP contribution in [0.2, 0.25) is 10.0 Å². The molecule has 0 fully saturated rings. The molecule has 0 aliphatic rings. The molecule has 0 saturated carbocycles. The van der Waals surface area contributed by atoms with Crippen LogP contribution >= 0.6 is 23.2 Å². The highest BCUT2D eigenvalue weighted by Gasteiger charge is 2.08. The van der Waals surface area contributed by atoms with E-state index < -0.39 is 0 Å². The standard InChI is InChI=1S/C12H11Cl2N3/c1-7-2-4-9(13)12(11(7)14)17-10-5-3-8(15)6-16-10/h2-6H,15H2,1H3,(H,16,17). The first-order chi connectivity index (χ1) is 8.08. The third kappa shape index (κ3) is 2.62. The number of nitrogens with two attached hydrogens (primary N) is 1. The lowest BCUT2D eigenvalue weighted by Crippen LogP contribution is -1.97. The van der Waals surface area contributed by atoms with Crippen LogP contribution in [0.3, 0.4) is 0 Å². The summed E-state index contributed by atoms with van der Waals surface area (Å²) in [6.45, 7) is 1.92. The van der Waals surface area contributed by atoms with E-state index in [1.165, 1.54) is 0 Å². The van der Waals surface area contributed by atoms with Gasteiger partial charge in [0.1, 0.15) is 5.82 Å². The minimum Gasteiger partial charge on any atom is -0.397 e. The topological polar surface area (TPSA) is 50.9 Å². The predicted octanol–water partition coefficient (Wildman–Crippen LogP) is 4.02. The molecule has 5 heteroatoms. The molecule has 0 spiro atoms. The van der Waals surface area contributed by atoms with Gasteiger partial charge in [-0.25, -0.2) is 4.98 Å². The molecule has 2 rings (SSSR count). The molecule has 0 amide bonds. The number of aromatic nitrogens is 1. The lowest BCUT2D eigenvalue weighted by atomic mass is 10.2. The van der Waals surface area contributed by atoms with E-state index in [0.717, 1.165) is 5.56 Å². The van der Waals surface area contributed by atoms with Gasteiger partial charge in [-0.05, 0) is 30.7 Å². The lowest BCUT2D eigenvalue weighted by Gasteiger charge is -2.11. The van der Waals surface area contributed by atoms with Gasteiger partial charge in [-0.3, -0.25) is 0 Å². The van der Waals surface area contributed by atoms with Crippen molar-refractivity contribution in [3.8, 4) is 0 Å². The van der Waals surface area contributed by atoms with Crippen LogP contribution in [0.1, 0.15) is 5.56 Å². The fourth-order valence-corrected chi connectivity index (χ4v) is 1.84. The summed E-state index contributed by atoms with van der Waals surface area (Å²) in [5, 5.41) is 4.23. The predicted molar refractivity (Wildman–Crippen MR) is 73.1 cm³/mol. The van der Waals surface area contributed by atoms with E-state index in [1.807, 2.05) is 13.0 Å². The van der Waals surface area contributed by atoms with Crippen LogP contribution in [0.15, 0.2) is 30.5 Å². The Labute approximate surface area is 110 Å². The number of hydrogen-bond donors (Lipinski definition) is 2. The van der Waals surface area contributed by atoms with E-state index in [0.29, 0.717) is 27.2 Å². The van der Waals surface area contributed by atoms with E-state index >= 15 is 0 Å². The van der Waals surface area contributed by atoms with E-state index in [1.54, 1.807) is 24.4 Å². The van der Waals surface area contributed by atoms with Crippen LogP contribution in [-0.2, 0) is 0 Å². The first-order valence-corrected chi connectivity index (χ1v) is 5.76. The van der Waals surface area contributed by atoms with Crippen LogP contribution in [0.5, 0.6) is 0 Å². The van der Waals surface area contributed by atoms with E-state index in [-0.39, 0.29) is 0 Å². The largest absolute Gasteiger partial charge is 0.397 e. The van der Waals surface area contributed by atoms with Crippen LogP contribution < -0.4 is 11.1 Å². The summed E-state index contributed by atoms with van der Waals surface area (Å²) >= 11 is 12.3. The second-order valence-corrected chi connectivity index (χ2v) is 4.44. The van der Waals surface area contributed by atoms with E-state index in [4.69, 9.17) is 28.9 Å². The highest BCUT2D eigenvalue weighted by Crippen LogP contribution is 2.34. The Balaban J connectivity index is 2.36. The van der Waals surface area contributed by atoms with Crippen molar-refractivity contribution in [3.63, 3.8) is 0 Å². The number of halogens is 2. The molecule has 1 heterocycles. The molecule has 17 heavy (non-hydrogen) atoms. The van der Waals surface area contributed by atoms with Crippen molar-refractivity contribution in [3.05, 3.63) is 46.1 Å². The number of nitrogens with one attached hydrogen (secondary N) is 1. The van der Waals surface area contributed by atoms with Gasteiger partial charge in [-0.1, -0.05) is 29.3 Å². The average molecular weight is 268 g/mol. The molecule has 1 aromatic heterocycles. The molecule has 0 unspecified atom stereocenters. The summed E-state index contributed by atoms with van der Waals surface area (Å²) in [4.78, 5) is 4.13. The molecule has 0 saturated heterocycles. The number of pyridine rings is 1. The fourth-order valence-electron chi connectivity index (χ4n) is 1.38. The Morgan fingerprint density at radius 3 is 2.59 bits per heavy atom. The Morgan fingerprint density at radius 1 is 1.18 bits per heavy atom. The van der Waals surface area contributed by atoms with E-state index in [2.05, 4.69) is 10.3 Å². The summed E-state index contributed by atoms with van der Waals surface area (Å²) < 4.78 is 0. The third-order valence-electron chi connectivity index (χ3n) is 2.32. The van der Waals surface area contributed by atoms with Crippen molar-refractivity contribution < 1.29 is 0 Å². The van der Waals surface area contributed by atoms with Gasteiger partial charge in [0.25, 0.3) is 0 Å². The average Bonchev–Trinajstić information content (AvgIpc) is 2.32. The number of hydrogen-bond acceptors (Lipinski definition) is 3. The number of nitrogen functional groups attached to an aromatic ring is 1. The lowest BCUT2D eigenvalue weighted by molar-refractivity contribution is 1.31. The SMILES string of the molecule is Cc1ccc(Cl)c(Nc2ccc(N)cn2)c1Cl. The minimum atomic E-state index is 0.555. The fraction of sp³-hybridized carbons (Fsp3) is 0.0833. The molecular formula is C12H11Cl2N3. The molecule has 0 radical (unpaired) electrons. The first kappa shape index (κ1) is 12.0. The Morgan fingerprint density at radius 2 is 1.94 bits per heavy atom. The molecule has 0 bridgehead atoms. The zero-order valence-electron chi connectivity index (χ0n) is 9.17. The normalized spacial score (nSPS) is 10.3.